The van der Waals surface area contributed by atoms with Gasteiger partial charge in [-0.3, -0.25) is 0 Å². The number of hydrogen-bond acceptors (Lipinski definition) is 3. The van der Waals surface area contributed by atoms with E-state index in [1.807, 2.05) is 12.3 Å². The second-order valence-corrected chi connectivity index (χ2v) is 6.04. The van der Waals surface area contributed by atoms with Crippen LogP contribution in [0.25, 0.3) is 0 Å². The normalized spacial score (nSPS) is 18.5. The van der Waals surface area contributed by atoms with Crippen molar-refractivity contribution in [1.29, 1.82) is 0 Å². The van der Waals surface area contributed by atoms with Gasteiger partial charge in [0, 0.05) is 23.7 Å². The van der Waals surface area contributed by atoms with Crippen LogP contribution >= 0.6 is 0 Å². The van der Waals surface area contributed by atoms with Crippen LogP contribution in [0.2, 0.25) is 0 Å². The molecule has 0 aromatic carbocycles. The quantitative estimate of drug-likeness (QED) is 0.848. The number of rotatable bonds is 3. The molecule has 1 saturated carbocycles. The summed E-state index contributed by atoms with van der Waals surface area (Å²) in [5.74, 6) is 1.01. The molecule has 16 heavy (non-hydrogen) atoms. The highest BCUT2D eigenvalue weighted by atomic mass is 15.0. The van der Waals surface area contributed by atoms with E-state index in [1.165, 1.54) is 12.8 Å². The summed E-state index contributed by atoms with van der Waals surface area (Å²) in [6, 6.07) is 1.99. The summed E-state index contributed by atoms with van der Waals surface area (Å²) in [4.78, 5) is 9.01. The average Bonchev–Trinajstić information content (AvgIpc) is 2.95. The van der Waals surface area contributed by atoms with Gasteiger partial charge in [-0.1, -0.05) is 6.92 Å². The fourth-order valence-corrected chi connectivity index (χ4v) is 1.55. The van der Waals surface area contributed by atoms with E-state index in [0.717, 1.165) is 18.1 Å². The minimum absolute atomic E-state index is 0.134. The van der Waals surface area contributed by atoms with Gasteiger partial charge in [-0.15, -0.1) is 0 Å². The Morgan fingerprint density at radius 3 is 2.62 bits per heavy atom. The van der Waals surface area contributed by atoms with Crippen molar-refractivity contribution in [2.45, 2.75) is 58.0 Å². The van der Waals surface area contributed by atoms with Crippen LogP contribution in [-0.4, -0.2) is 15.5 Å². The van der Waals surface area contributed by atoms with E-state index in [-0.39, 0.29) is 11.0 Å². The van der Waals surface area contributed by atoms with Crippen molar-refractivity contribution in [2.75, 3.05) is 0 Å². The van der Waals surface area contributed by atoms with Crippen LogP contribution in [0.1, 0.15) is 52.1 Å². The SMILES string of the molecule is CC(C)(C)NCc1ccnc(C2(C)CC2)n1. The lowest BCUT2D eigenvalue weighted by molar-refractivity contribution is 0.420. The molecule has 0 bridgehead atoms. The number of aromatic nitrogens is 2. The summed E-state index contributed by atoms with van der Waals surface area (Å²) >= 11 is 0. The summed E-state index contributed by atoms with van der Waals surface area (Å²) in [6.45, 7) is 9.55. The Morgan fingerprint density at radius 2 is 2.06 bits per heavy atom. The molecule has 3 heteroatoms. The number of nitrogens with one attached hydrogen (secondary N) is 1. The van der Waals surface area contributed by atoms with E-state index in [2.05, 4.69) is 43.0 Å². The third-order valence-electron chi connectivity index (χ3n) is 3.05. The van der Waals surface area contributed by atoms with E-state index < -0.39 is 0 Å². The maximum absolute atomic E-state index is 4.64. The summed E-state index contributed by atoms with van der Waals surface area (Å²) in [5, 5.41) is 3.45. The van der Waals surface area contributed by atoms with Crippen LogP contribution in [-0.2, 0) is 12.0 Å². The van der Waals surface area contributed by atoms with Crippen molar-refractivity contribution in [1.82, 2.24) is 15.3 Å². The molecule has 3 nitrogen and oxygen atoms in total. The zero-order valence-electron chi connectivity index (χ0n) is 10.7. The van der Waals surface area contributed by atoms with Crippen molar-refractivity contribution < 1.29 is 0 Å². The standard InChI is InChI=1S/C13H21N3/c1-12(2,3)15-9-10-5-8-14-11(16-10)13(4)6-7-13/h5,8,15H,6-7,9H2,1-4H3. The Labute approximate surface area is 97.7 Å². The molecule has 0 atom stereocenters. The zero-order chi connectivity index (χ0) is 11.8. The first-order valence-corrected chi connectivity index (χ1v) is 5.97. The van der Waals surface area contributed by atoms with Gasteiger partial charge in [-0.05, 0) is 39.7 Å². The largest absolute Gasteiger partial charge is 0.306 e. The van der Waals surface area contributed by atoms with Crippen LogP contribution in [0.3, 0.4) is 0 Å². The molecule has 0 aliphatic heterocycles. The van der Waals surface area contributed by atoms with Crippen molar-refractivity contribution in [3.8, 4) is 0 Å². The van der Waals surface area contributed by atoms with Gasteiger partial charge in [-0.2, -0.15) is 0 Å². The van der Waals surface area contributed by atoms with E-state index in [9.17, 15) is 0 Å². The predicted molar refractivity (Wildman–Crippen MR) is 65.2 cm³/mol. The Balaban J connectivity index is 2.05. The third kappa shape index (κ3) is 2.79. The fraction of sp³-hybridized carbons (Fsp3) is 0.692. The van der Waals surface area contributed by atoms with Gasteiger partial charge in [0.1, 0.15) is 5.82 Å². The van der Waals surface area contributed by atoms with E-state index in [1.54, 1.807) is 0 Å². The molecule has 0 radical (unpaired) electrons. The van der Waals surface area contributed by atoms with Gasteiger partial charge in [0.2, 0.25) is 0 Å². The molecule has 0 amide bonds. The molecule has 0 spiro atoms. The lowest BCUT2D eigenvalue weighted by atomic mass is 10.1. The van der Waals surface area contributed by atoms with Crippen LogP contribution in [0.15, 0.2) is 12.3 Å². The highest BCUT2D eigenvalue weighted by molar-refractivity contribution is 5.17. The summed E-state index contributed by atoms with van der Waals surface area (Å²) in [7, 11) is 0. The van der Waals surface area contributed by atoms with Crippen molar-refractivity contribution in [3.05, 3.63) is 23.8 Å². The van der Waals surface area contributed by atoms with Crippen LogP contribution < -0.4 is 5.32 Å². The first-order chi connectivity index (χ1) is 7.39. The number of nitrogens with zero attached hydrogens (tertiary/aromatic N) is 2. The van der Waals surface area contributed by atoms with Crippen LogP contribution in [0.4, 0.5) is 0 Å². The van der Waals surface area contributed by atoms with E-state index >= 15 is 0 Å². The molecular formula is C13H21N3. The van der Waals surface area contributed by atoms with Crippen molar-refractivity contribution in [2.24, 2.45) is 0 Å². The van der Waals surface area contributed by atoms with Gasteiger partial charge < -0.3 is 5.32 Å². The molecule has 0 unspecified atom stereocenters. The summed E-state index contributed by atoms with van der Waals surface area (Å²) < 4.78 is 0. The van der Waals surface area contributed by atoms with E-state index in [4.69, 9.17) is 0 Å². The fourth-order valence-electron chi connectivity index (χ4n) is 1.55. The molecule has 1 aliphatic carbocycles. The lowest BCUT2D eigenvalue weighted by Crippen LogP contribution is -2.35. The minimum atomic E-state index is 0.134. The molecule has 2 rings (SSSR count). The second kappa shape index (κ2) is 3.81. The third-order valence-corrected chi connectivity index (χ3v) is 3.05. The van der Waals surface area contributed by atoms with Gasteiger partial charge in [0.25, 0.3) is 0 Å². The maximum atomic E-state index is 4.64. The molecule has 1 heterocycles. The Kier molecular flexibility index (Phi) is 2.74. The zero-order valence-corrected chi connectivity index (χ0v) is 10.7. The molecular weight excluding hydrogens is 198 g/mol. The van der Waals surface area contributed by atoms with E-state index in [0.29, 0.717) is 0 Å². The monoisotopic (exact) mass is 219 g/mol. The molecule has 0 saturated heterocycles. The number of hydrogen-bond donors (Lipinski definition) is 1. The van der Waals surface area contributed by atoms with Crippen LogP contribution in [0, 0.1) is 0 Å². The average molecular weight is 219 g/mol. The second-order valence-electron chi connectivity index (χ2n) is 6.04. The van der Waals surface area contributed by atoms with Gasteiger partial charge in [0.05, 0.1) is 5.69 Å². The maximum Gasteiger partial charge on any atom is 0.134 e. The van der Waals surface area contributed by atoms with Gasteiger partial charge in [-0.25, -0.2) is 9.97 Å². The predicted octanol–water partition coefficient (Wildman–Crippen LogP) is 2.42. The topological polar surface area (TPSA) is 37.8 Å². The van der Waals surface area contributed by atoms with Crippen molar-refractivity contribution in [3.63, 3.8) is 0 Å². The molecule has 1 fully saturated rings. The first kappa shape index (κ1) is 11.5. The van der Waals surface area contributed by atoms with Gasteiger partial charge in [0.15, 0.2) is 0 Å². The lowest BCUT2D eigenvalue weighted by Gasteiger charge is -2.20. The minimum Gasteiger partial charge on any atom is -0.306 e. The molecule has 88 valence electrons. The molecule has 1 aliphatic rings. The van der Waals surface area contributed by atoms with Crippen molar-refractivity contribution >= 4 is 0 Å². The van der Waals surface area contributed by atoms with Gasteiger partial charge >= 0.3 is 0 Å². The smallest absolute Gasteiger partial charge is 0.134 e. The highest BCUT2D eigenvalue weighted by Gasteiger charge is 2.41. The molecule has 1 aromatic heterocycles. The highest BCUT2D eigenvalue weighted by Crippen LogP contribution is 2.45. The Hall–Kier alpha value is -0.960. The first-order valence-electron chi connectivity index (χ1n) is 5.97. The summed E-state index contributed by atoms with van der Waals surface area (Å²) in [6.07, 6.45) is 4.33. The van der Waals surface area contributed by atoms with Crippen LogP contribution in [0.5, 0.6) is 0 Å². The Bertz CT molecular complexity index is 375. The molecule has 1 N–H and O–H groups in total. The molecule has 1 aromatic rings. The Morgan fingerprint density at radius 1 is 1.38 bits per heavy atom. The summed E-state index contributed by atoms with van der Waals surface area (Å²) in [5.41, 5.74) is 1.49.